The van der Waals surface area contributed by atoms with Crippen molar-refractivity contribution >= 4 is 11.9 Å². The Morgan fingerprint density at radius 1 is 0.891 bits per heavy atom. The topological polar surface area (TPSA) is 161 Å². The van der Waals surface area contributed by atoms with E-state index >= 15 is 0 Å². The molecule has 11 nitrogen and oxygen atoms in total. The van der Waals surface area contributed by atoms with Gasteiger partial charge < -0.3 is 35.4 Å². The van der Waals surface area contributed by atoms with Crippen LogP contribution in [0.25, 0.3) is 33.6 Å². The summed E-state index contributed by atoms with van der Waals surface area (Å²) >= 11 is 0. The van der Waals surface area contributed by atoms with E-state index in [2.05, 4.69) is 84.7 Å². The van der Waals surface area contributed by atoms with E-state index < -0.39 is 18.1 Å². The zero-order valence-electron chi connectivity index (χ0n) is 25.1. The van der Waals surface area contributed by atoms with E-state index in [4.69, 9.17) is 4.98 Å². The number of carboxylic acid groups (broad SMARTS) is 1. The number of hydrogen-bond donors (Lipinski definition) is 6. The number of aromatic nitrogens is 5. The lowest BCUT2D eigenvalue weighted by Gasteiger charge is -2.31. The third-order valence-electron chi connectivity index (χ3n) is 9.78. The number of aryl methyl sites for hydroxylation is 1. The predicted molar refractivity (Wildman–Crippen MR) is 171 cm³/mol. The lowest BCUT2D eigenvalue weighted by Crippen LogP contribution is -2.44. The second-order valence-corrected chi connectivity index (χ2v) is 12.7. The fraction of sp³-hybridized carbons (Fsp3) is 0.314. The number of nitrogens with zero attached hydrogens (tertiary/aromatic N) is 3. The van der Waals surface area contributed by atoms with Crippen LogP contribution in [0.15, 0.2) is 73.2 Å². The van der Waals surface area contributed by atoms with Gasteiger partial charge in [-0.1, -0.05) is 48.5 Å². The summed E-state index contributed by atoms with van der Waals surface area (Å²) in [4.78, 5) is 41.1. The molecule has 5 atom stereocenters. The highest BCUT2D eigenvalue weighted by atomic mass is 16.4. The molecule has 0 saturated carbocycles. The molecular weight excluding hydrogens is 582 g/mol. The molecule has 1 amide bonds. The van der Waals surface area contributed by atoms with Gasteiger partial charge in [0.2, 0.25) is 0 Å². The van der Waals surface area contributed by atoms with E-state index in [-0.39, 0.29) is 23.8 Å². The summed E-state index contributed by atoms with van der Waals surface area (Å²) in [5, 5.41) is 25.1. The molecule has 46 heavy (non-hydrogen) atoms. The first-order chi connectivity index (χ1) is 22.4. The molecule has 1 aliphatic carbocycles. The third-order valence-corrected chi connectivity index (χ3v) is 9.78. The molecular formula is C35H35N7O4. The number of benzene rings is 2. The number of carbonyl (C=O) groups excluding carboxylic acids is 1. The van der Waals surface area contributed by atoms with E-state index in [0.29, 0.717) is 32.4 Å². The van der Waals surface area contributed by atoms with E-state index in [0.717, 1.165) is 63.0 Å². The first-order valence-electron chi connectivity index (χ1n) is 15.8. The maximum absolute atomic E-state index is 13.6. The second kappa shape index (κ2) is 11.4. The number of amides is 1. The highest BCUT2D eigenvalue weighted by molar-refractivity contribution is 5.88. The van der Waals surface area contributed by atoms with Gasteiger partial charge in [0.05, 0.1) is 41.8 Å². The van der Waals surface area contributed by atoms with Crippen molar-refractivity contribution in [1.29, 1.82) is 0 Å². The number of aliphatic hydroxyl groups is 1. The molecule has 3 aromatic heterocycles. The van der Waals surface area contributed by atoms with Crippen LogP contribution in [-0.2, 0) is 17.8 Å². The molecule has 2 aromatic carbocycles. The van der Waals surface area contributed by atoms with E-state index in [1.807, 2.05) is 18.6 Å². The van der Waals surface area contributed by atoms with Crippen LogP contribution in [0, 0.1) is 0 Å². The van der Waals surface area contributed by atoms with Gasteiger partial charge in [0.1, 0.15) is 17.4 Å². The van der Waals surface area contributed by atoms with Crippen LogP contribution < -0.4 is 10.6 Å². The minimum absolute atomic E-state index is 0.0465. The van der Waals surface area contributed by atoms with Crippen LogP contribution in [0.5, 0.6) is 0 Å². The van der Waals surface area contributed by atoms with Crippen molar-refractivity contribution in [3.63, 3.8) is 0 Å². The maximum atomic E-state index is 13.6. The quantitative estimate of drug-likeness (QED) is 0.160. The lowest BCUT2D eigenvalue weighted by molar-refractivity contribution is -0.121. The molecule has 5 aromatic rings. The molecule has 1 saturated heterocycles. The van der Waals surface area contributed by atoms with Gasteiger partial charge in [-0.15, -0.1) is 0 Å². The van der Waals surface area contributed by atoms with Crippen molar-refractivity contribution in [2.45, 2.75) is 62.3 Å². The molecule has 8 rings (SSSR count). The maximum Gasteiger partial charge on any atom is 0.404 e. The van der Waals surface area contributed by atoms with Gasteiger partial charge >= 0.3 is 6.09 Å². The van der Waals surface area contributed by atoms with Gasteiger partial charge in [0.15, 0.2) is 0 Å². The summed E-state index contributed by atoms with van der Waals surface area (Å²) in [7, 11) is 0. The Hall–Kier alpha value is -5.00. The molecule has 5 heterocycles. The minimum atomic E-state index is -1.10. The van der Waals surface area contributed by atoms with Gasteiger partial charge in [-0.05, 0) is 53.1 Å². The Morgan fingerprint density at radius 3 is 2.15 bits per heavy atom. The monoisotopic (exact) mass is 617 g/mol. The van der Waals surface area contributed by atoms with Crippen molar-refractivity contribution in [3.05, 3.63) is 96.1 Å². The fourth-order valence-corrected chi connectivity index (χ4v) is 7.45. The molecule has 2 aliphatic heterocycles. The number of aliphatic hydroxyl groups excluding tert-OH is 1. The number of carbonyl (C=O) groups is 2. The van der Waals surface area contributed by atoms with Crippen LogP contribution in [0.4, 0.5) is 4.79 Å². The van der Waals surface area contributed by atoms with Crippen LogP contribution in [-0.4, -0.2) is 65.3 Å². The minimum Gasteiger partial charge on any atom is -0.465 e. The summed E-state index contributed by atoms with van der Waals surface area (Å²) in [6.07, 6.45) is 6.58. The summed E-state index contributed by atoms with van der Waals surface area (Å²) in [6.45, 7) is 1.20. The molecule has 1 fully saturated rings. The van der Waals surface area contributed by atoms with Gasteiger partial charge in [-0.2, -0.15) is 0 Å². The van der Waals surface area contributed by atoms with Crippen molar-refractivity contribution in [2.24, 2.45) is 0 Å². The molecule has 0 radical (unpaired) electrons. The SMILES string of the molecule is O=C(O)N[C@H]1CCc2ccn3c2C1C(=O)C[C@H](c1ncc(-c2ccc(-c4ccc(-c5cnc([C@@H]6C[C@H](O)CN6)[nH]5)cc4)cc2)[nH]1)C3. The Kier molecular flexibility index (Phi) is 7.07. The van der Waals surface area contributed by atoms with Crippen molar-refractivity contribution < 1.29 is 19.8 Å². The van der Waals surface area contributed by atoms with Crippen molar-refractivity contribution in [1.82, 2.24) is 35.1 Å². The number of rotatable bonds is 6. The van der Waals surface area contributed by atoms with E-state index in [1.165, 1.54) is 0 Å². The number of nitrogens with one attached hydrogen (secondary N) is 4. The molecule has 0 bridgehead atoms. The summed E-state index contributed by atoms with van der Waals surface area (Å²) < 4.78 is 2.12. The number of aromatic amines is 2. The fourth-order valence-electron chi connectivity index (χ4n) is 7.45. The predicted octanol–water partition coefficient (Wildman–Crippen LogP) is 4.75. The molecule has 1 unspecified atom stereocenters. The number of β-amino-alcohol motifs (C(OH)–C–C–N with tert-alkyl or cyclic N) is 1. The second-order valence-electron chi connectivity index (χ2n) is 12.7. The lowest BCUT2D eigenvalue weighted by atomic mass is 9.79. The largest absolute Gasteiger partial charge is 0.465 e. The van der Waals surface area contributed by atoms with Crippen LogP contribution in [0.2, 0.25) is 0 Å². The van der Waals surface area contributed by atoms with Gasteiger partial charge in [-0.25, -0.2) is 14.8 Å². The number of ketones is 1. The number of imidazole rings is 2. The molecule has 0 spiro atoms. The first-order valence-corrected chi connectivity index (χ1v) is 15.8. The molecule has 11 heteroatoms. The Labute approximate surface area is 265 Å². The van der Waals surface area contributed by atoms with Crippen molar-refractivity contribution in [3.8, 4) is 33.6 Å². The summed E-state index contributed by atoms with van der Waals surface area (Å²) in [5.74, 6) is 1.04. The van der Waals surface area contributed by atoms with Crippen LogP contribution in [0.3, 0.4) is 0 Å². The normalized spacial score (nSPS) is 24.0. The first kappa shape index (κ1) is 28.5. The smallest absolute Gasteiger partial charge is 0.404 e. The number of Topliss-reactive ketones (excluding diaryl/α,β-unsaturated/α-hetero) is 1. The molecule has 234 valence electrons. The Morgan fingerprint density at radius 2 is 1.52 bits per heavy atom. The van der Waals surface area contributed by atoms with Crippen LogP contribution in [0.1, 0.15) is 60.0 Å². The highest BCUT2D eigenvalue weighted by Gasteiger charge is 2.41. The average Bonchev–Trinajstić information content (AvgIpc) is 3.87. The van der Waals surface area contributed by atoms with Gasteiger partial charge in [-0.3, -0.25) is 4.79 Å². The number of hydrogen-bond acceptors (Lipinski definition) is 6. The molecule has 3 aliphatic rings. The van der Waals surface area contributed by atoms with Crippen LogP contribution >= 0.6 is 0 Å². The standard InChI is InChI=1S/C35H35N7O4/c43-25-14-27(36-15-25)34-38-17-29(40-34)22-7-3-20(4-8-22)19-1-5-21(6-2-19)28-16-37-33(39-28)24-13-30(44)31-26(41-35(45)46)10-9-23-11-12-42(18-24)32(23)31/h1-8,11-12,16-17,24-27,31,36,41,43H,9-10,13-15,18H2,(H,37,39)(H,38,40)(H,45,46)/t24-,25-,26-,27-,31?/m0/s1. The zero-order valence-corrected chi connectivity index (χ0v) is 25.1. The van der Waals surface area contributed by atoms with Gasteiger partial charge in [0.25, 0.3) is 0 Å². The third kappa shape index (κ3) is 5.21. The zero-order chi connectivity index (χ0) is 31.4. The highest BCUT2D eigenvalue weighted by Crippen LogP contribution is 2.40. The molecule has 6 N–H and O–H groups in total. The number of H-pyrrole nitrogens is 2. The summed E-state index contributed by atoms with van der Waals surface area (Å²) in [6, 6.07) is 18.4. The Balaban J connectivity index is 0.969. The summed E-state index contributed by atoms with van der Waals surface area (Å²) in [5.41, 5.74) is 8.14. The average molecular weight is 618 g/mol. The van der Waals surface area contributed by atoms with E-state index in [1.54, 1.807) is 0 Å². The van der Waals surface area contributed by atoms with Crippen molar-refractivity contribution in [2.75, 3.05) is 6.54 Å². The Bertz CT molecular complexity index is 1910. The van der Waals surface area contributed by atoms with E-state index in [9.17, 15) is 19.8 Å². The van der Waals surface area contributed by atoms with Gasteiger partial charge in [0, 0.05) is 43.4 Å².